The zero-order valence-corrected chi connectivity index (χ0v) is 24.7. The summed E-state index contributed by atoms with van der Waals surface area (Å²) in [6.07, 6.45) is 6.00. The molecule has 0 bridgehead atoms. The Morgan fingerprint density at radius 2 is 1.83 bits per heavy atom. The van der Waals surface area contributed by atoms with Crippen LogP contribution in [0.2, 0.25) is 0 Å². The van der Waals surface area contributed by atoms with Crippen LogP contribution in [0.25, 0.3) is 22.0 Å². The summed E-state index contributed by atoms with van der Waals surface area (Å²) >= 11 is 0. The monoisotopic (exact) mass is 567 g/mol. The summed E-state index contributed by atoms with van der Waals surface area (Å²) in [6.45, 7) is 6.23. The third kappa shape index (κ3) is 5.22. The molecule has 0 atom stereocenters. The van der Waals surface area contributed by atoms with Crippen LogP contribution in [-0.4, -0.2) is 66.9 Å². The Balaban J connectivity index is 1.41. The third-order valence-corrected chi connectivity index (χ3v) is 8.37. The summed E-state index contributed by atoms with van der Waals surface area (Å²) in [6, 6.07) is 12.4. The van der Waals surface area contributed by atoms with E-state index in [2.05, 4.69) is 39.4 Å². The Labute approximate surface area is 245 Å². The minimum Gasteiger partial charge on any atom is -0.491 e. The second kappa shape index (κ2) is 11.5. The summed E-state index contributed by atoms with van der Waals surface area (Å²) in [5.74, 6) is 0.679. The molecule has 42 heavy (non-hydrogen) atoms. The van der Waals surface area contributed by atoms with Crippen molar-refractivity contribution in [1.29, 1.82) is 5.26 Å². The van der Waals surface area contributed by atoms with Gasteiger partial charge in [-0.25, -0.2) is 0 Å². The van der Waals surface area contributed by atoms with Crippen molar-refractivity contribution < 1.29 is 9.47 Å². The molecule has 0 unspecified atom stereocenters. The smallest absolute Gasteiger partial charge is 0.253 e. The fourth-order valence-corrected chi connectivity index (χ4v) is 6.05. The summed E-state index contributed by atoms with van der Waals surface area (Å²) in [5, 5.41) is 18.8. The first-order valence-corrected chi connectivity index (χ1v) is 14.5. The van der Waals surface area contributed by atoms with Gasteiger partial charge in [0.1, 0.15) is 12.4 Å². The highest BCUT2D eigenvalue weighted by atomic mass is 16.5. The Hall–Kier alpha value is -4.33. The fraction of sp³-hybridized carbons (Fsp3) is 0.406. The van der Waals surface area contributed by atoms with Crippen molar-refractivity contribution in [2.24, 2.45) is 14.1 Å². The molecule has 0 saturated carbocycles. The number of rotatable bonds is 7. The number of hydrogen-bond donors (Lipinski definition) is 1. The number of piperidine rings is 1. The first kappa shape index (κ1) is 27.8. The topological polar surface area (TPSA) is 101 Å². The Bertz CT molecular complexity index is 1730. The Morgan fingerprint density at radius 1 is 1.02 bits per heavy atom. The number of aryl methyl sites for hydroxylation is 3. The highest BCUT2D eigenvalue weighted by Gasteiger charge is 2.27. The summed E-state index contributed by atoms with van der Waals surface area (Å²) in [4.78, 5) is 17.4. The largest absolute Gasteiger partial charge is 0.491 e. The number of likely N-dealkylation sites (N-methyl/N-ethyl adjacent to an activating group) is 1. The van der Waals surface area contributed by atoms with E-state index in [1.807, 2.05) is 44.4 Å². The number of pyridine rings is 1. The van der Waals surface area contributed by atoms with Crippen LogP contribution in [-0.2, 0) is 18.8 Å². The van der Waals surface area contributed by atoms with E-state index in [9.17, 15) is 10.1 Å². The molecule has 0 aliphatic carbocycles. The third-order valence-electron chi connectivity index (χ3n) is 8.37. The van der Waals surface area contributed by atoms with Gasteiger partial charge >= 0.3 is 0 Å². The van der Waals surface area contributed by atoms with Crippen LogP contribution >= 0.6 is 0 Å². The molecule has 4 heterocycles. The molecular weight excluding hydrogens is 530 g/mol. The van der Waals surface area contributed by atoms with Gasteiger partial charge in [-0.3, -0.25) is 9.48 Å². The molecule has 2 aliphatic heterocycles. The number of ether oxygens (including phenoxy) is 2. The zero-order chi connectivity index (χ0) is 29.4. The molecule has 6 rings (SSSR count). The van der Waals surface area contributed by atoms with Gasteiger partial charge < -0.3 is 29.2 Å². The SMILES string of the molecule is Cc1cc2c(N3CCN(C)c4cc(-c5cnn(C)c5)c(C#N)cc43)cc(OCCOC3CCNCC3)cc2n(C)c1=O. The van der Waals surface area contributed by atoms with Crippen molar-refractivity contribution in [1.82, 2.24) is 19.7 Å². The Kier molecular flexibility index (Phi) is 7.62. The highest BCUT2D eigenvalue weighted by molar-refractivity contribution is 5.98. The van der Waals surface area contributed by atoms with E-state index in [0.717, 1.165) is 71.6 Å². The zero-order valence-electron chi connectivity index (χ0n) is 24.7. The highest BCUT2D eigenvalue weighted by Crippen LogP contribution is 2.44. The van der Waals surface area contributed by atoms with Gasteiger partial charge in [0.25, 0.3) is 5.56 Å². The van der Waals surface area contributed by atoms with E-state index in [1.165, 1.54) is 0 Å². The number of nitriles is 1. The molecule has 218 valence electrons. The molecule has 1 saturated heterocycles. The number of benzene rings is 2. The van der Waals surface area contributed by atoms with E-state index in [1.54, 1.807) is 22.5 Å². The molecular formula is C32H37N7O3. The number of nitrogens with zero attached hydrogens (tertiary/aromatic N) is 6. The van der Waals surface area contributed by atoms with Crippen LogP contribution in [0.3, 0.4) is 0 Å². The van der Waals surface area contributed by atoms with Crippen molar-refractivity contribution in [3.63, 3.8) is 0 Å². The number of aromatic nitrogens is 3. The molecule has 0 amide bonds. The molecule has 1 fully saturated rings. The molecule has 2 aromatic carbocycles. The molecule has 2 aliphatic rings. The van der Waals surface area contributed by atoms with E-state index in [0.29, 0.717) is 36.6 Å². The van der Waals surface area contributed by atoms with Crippen LogP contribution in [0.1, 0.15) is 24.0 Å². The lowest BCUT2D eigenvalue weighted by Crippen LogP contribution is -2.37. The van der Waals surface area contributed by atoms with Crippen LogP contribution in [0.5, 0.6) is 5.75 Å². The molecule has 4 aromatic rings. The van der Waals surface area contributed by atoms with E-state index < -0.39 is 0 Å². The lowest BCUT2D eigenvalue weighted by Gasteiger charge is -2.38. The average Bonchev–Trinajstić information content (AvgIpc) is 3.44. The molecule has 10 heteroatoms. The molecule has 1 N–H and O–H groups in total. The van der Waals surface area contributed by atoms with Crippen molar-refractivity contribution in [2.45, 2.75) is 25.9 Å². The maximum atomic E-state index is 12.9. The van der Waals surface area contributed by atoms with Crippen molar-refractivity contribution in [3.8, 4) is 22.9 Å². The second-order valence-corrected chi connectivity index (χ2v) is 11.2. The van der Waals surface area contributed by atoms with Crippen LogP contribution in [0, 0.1) is 18.3 Å². The van der Waals surface area contributed by atoms with Crippen LogP contribution in [0.15, 0.2) is 47.5 Å². The minimum atomic E-state index is -0.0356. The fourth-order valence-electron chi connectivity index (χ4n) is 6.05. The van der Waals surface area contributed by atoms with Gasteiger partial charge in [-0.05, 0) is 51.1 Å². The minimum absolute atomic E-state index is 0.0356. The van der Waals surface area contributed by atoms with Gasteiger partial charge in [-0.2, -0.15) is 10.4 Å². The second-order valence-electron chi connectivity index (χ2n) is 11.2. The average molecular weight is 568 g/mol. The quantitative estimate of drug-likeness (QED) is 0.336. The molecule has 2 aromatic heterocycles. The molecule has 0 spiro atoms. The van der Waals surface area contributed by atoms with E-state index in [-0.39, 0.29) is 11.7 Å². The summed E-state index contributed by atoms with van der Waals surface area (Å²) in [5.41, 5.74) is 6.67. The number of fused-ring (bicyclic) bond motifs is 2. The van der Waals surface area contributed by atoms with E-state index in [4.69, 9.17) is 9.47 Å². The first-order valence-electron chi connectivity index (χ1n) is 14.5. The molecule has 10 nitrogen and oxygen atoms in total. The lowest BCUT2D eigenvalue weighted by molar-refractivity contribution is 0.0168. The normalized spacial score (nSPS) is 15.6. The van der Waals surface area contributed by atoms with Gasteiger partial charge in [0, 0.05) is 74.6 Å². The maximum Gasteiger partial charge on any atom is 0.253 e. The van der Waals surface area contributed by atoms with Crippen molar-refractivity contribution in [3.05, 3.63) is 64.2 Å². The lowest BCUT2D eigenvalue weighted by atomic mass is 9.98. The Morgan fingerprint density at radius 3 is 2.57 bits per heavy atom. The van der Waals surface area contributed by atoms with Gasteiger partial charge in [-0.15, -0.1) is 0 Å². The number of nitrogens with one attached hydrogen (secondary N) is 1. The number of anilines is 3. The van der Waals surface area contributed by atoms with Gasteiger partial charge in [0.15, 0.2) is 0 Å². The molecule has 0 radical (unpaired) electrons. The summed E-state index contributed by atoms with van der Waals surface area (Å²) < 4.78 is 15.7. The number of hydrogen-bond acceptors (Lipinski definition) is 8. The van der Waals surface area contributed by atoms with Crippen molar-refractivity contribution >= 4 is 28.0 Å². The van der Waals surface area contributed by atoms with Gasteiger partial charge in [-0.1, -0.05) is 0 Å². The summed E-state index contributed by atoms with van der Waals surface area (Å²) in [7, 11) is 5.75. The van der Waals surface area contributed by atoms with E-state index >= 15 is 0 Å². The maximum absolute atomic E-state index is 12.9. The predicted octanol–water partition coefficient (Wildman–Crippen LogP) is 3.85. The van der Waals surface area contributed by atoms with Gasteiger partial charge in [0.05, 0.1) is 53.1 Å². The van der Waals surface area contributed by atoms with Crippen LogP contribution < -0.4 is 25.4 Å². The standard InChI is InChI=1S/C32H37N7O3/c1-21-13-27-28(38(4)32(21)40)15-25(42-12-11-41-24-5-7-34-8-6-24)16-29(27)39-10-9-36(2)30-17-26(22(18-33)14-31(30)39)23-19-35-37(3)20-23/h13-17,19-20,24,34H,5-12H2,1-4H3. The van der Waals surface area contributed by atoms with Crippen LogP contribution in [0.4, 0.5) is 17.1 Å². The first-order chi connectivity index (χ1) is 20.3. The van der Waals surface area contributed by atoms with Gasteiger partial charge in [0.2, 0.25) is 0 Å². The van der Waals surface area contributed by atoms with Crippen molar-refractivity contribution in [2.75, 3.05) is 56.2 Å². The predicted molar refractivity (Wildman–Crippen MR) is 165 cm³/mol.